The summed E-state index contributed by atoms with van der Waals surface area (Å²) in [6.45, 7) is 0. The van der Waals surface area contributed by atoms with Gasteiger partial charge in [0.05, 0.1) is 11.0 Å². The number of aromatic nitrogens is 1. The van der Waals surface area contributed by atoms with Gasteiger partial charge in [-0.05, 0) is 101 Å². The van der Waals surface area contributed by atoms with Crippen molar-refractivity contribution in [3.05, 3.63) is 182 Å². The molecule has 0 spiro atoms. The first-order valence-electron chi connectivity index (χ1n) is 16.7. The molecule has 0 amide bonds. The highest BCUT2D eigenvalue weighted by molar-refractivity contribution is 7.25. The lowest BCUT2D eigenvalue weighted by Gasteiger charge is -2.26. The highest BCUT2D eigenvalue weighted by Gasteiger charge is 2.18. The molecule has 8 aromatic carbocycles. The highest BCUT2D eigenvalue weighted by atomic mass is 32.1. The number of fused-ring (bicyclic) bond motifs is 7. The molecule has 0 aliphatic carbocycles. The SMILES string of the molecule is c1ccc(-c2cccc(N(c3ccc4cc5c(cc4c3)sc3ccccc35)c3ccc4c(c3)c3ccccc3n4-c3ccccc3)c2)cc1. The van der Waals surface area contributed by atoms with Crippen molar-refractivity contribution in [1.29, 1.82) is 0 Å². The second-order valence-electron chi connectivity index (χ2n) is 12.6. The van der Waals surface area contributed by atoms with E-state index >= 15 is 0 Å². The van der Waals surface area contributed by atoms with Gasteiger partial charge in [0.2, 0.25) is 0 Å². The smallest absolute Gasteiger partial charge is 0.0542 e. The lowest BCUT2D eigenvalue weighted by Crippen LogP contribution is -2.10. The third-order valence-corrected chi connectivity index (χ3v) is 10.9. The van der Waals surface area contributed by atoms with Gasteiger partial charge in [-0.25, -0.2) is 0 Å². The van der Waals surface area contributed by atoms with Crippen molar-refractivity contribution >= 4 is 81.1 Å². The molecular formula is C46H30N2S. The molecule has 0 aliphatic heterocycles. The maximum absolute atomic E-state index is 2.41. The Balaban J connectivity index is 1.20. The molecule has 2 heterocycles. The van der Waals surface area contributed by atoms with E-state index in [0.29, 0.717) is 0 Å². The van der Waals surface area contributed by atoms with Crippen LogP contribution in [0.25, 0.3) is 69.6 Å². The average Bonchev–Trinajstić information content (AvgIpc) is 3.69. The number of anilines is 3. The Morgan fingerprint density at radius 3 is 1.92 bits per heavy atom. The molecule has 0 radical (unpaired) electrons. The van der Waals surface area contributed by atoms with Crippen molar-refractivity contribution in [3.63, 3.8) is 0 Å². The van der Waals surface area contributed by atoms with E-state index in [1.54, 1.807) is 0 Å². The van der Waals surface area contributed by atoms with E-state index < -0.39 is 0 Å². The Bertz CT molecular complexity index is 2830. The molecule has 0 bridgehead atoms. The fourth-order valence-corrected chi connectivity index (χ4v) is 8.59. The van der Waals surface area contributed by atoms with Crippen molar-refractivity contribution < 1.29 is 0 Å². The van der Waals surface area contributed by atoms with Gasteiger partial charge in [0.15, 0.2) is 0 Å². The predicted molar refractivity (Wildman–Crippen MR) is 211 cm³/mol. The monoisotopic (exact) mass is 642 g/mol. The van der Waals surface area contributed by atoms with Crippen molar-refractivity contribution in [2.24, 2.45) is 0 Å². The van der Waals surface area contributed by atoms with E-state index in [2.05, 4.69) is 191 Å². The topological polar surface area (TPSA) is 8.17 Å². The van der Waals surface area contributed by atoms with Crippen LogP contribution in [0, 0.1) is 0 Å². The summed E-state index contributed by atoms with van der Waals surface area (Å²) >= 11 is 1.87. The van der Waals surface area contributed by atoms with Crippen LogP contribution in [0.5, 0.6) is 0 Å². The summed E-state index contributed by atoms with van der Waals surface area (Å²) in [5, 5.41) is 7.62. The van der Waals surface area contributed by atoms with Crippen molar-refractivity contribution in [3.8, 4) is 16.8 Å². The summed E-state index contributed by atoms with van der Waals surface area (Å²) in [6.07, 6.45) is 0. The van der Waals surface area contributed by atoms with Crippen LogP contribution < -0.4 is 4.90 Å². The molecule has 0 aliphatic rings. The predicted octanol–water partition coefficient (Wildman–Crippen LogP) is 13.4. The molecule has 10 rings (SSSR count). The number of benzene rings is 8. The van der Waals surface area contributed by atoms with Crippen LogP contribution in [-0.4, -0.2) is 4.57 Å². The van der Waals surface area contributed by atoms with Gasteiger partial charge in [-0.1, -0.05) is 103 Å². The molecule has 2 nitrogen and oxygen atoms in total. The van der Waals surface area contributed by atoms with Crippen LogP contribution in [0.2, 0.25) is 0 Å². The molecule has 2 aromatic heterocycles. The zero-order valence-corrected chi connectivity index (χ0v) is 27.4. The number of para-hydroxylation sites is 2. The second-order valence-corrected chi connectivity index (χ2v) is 13.7. The molecule has 0 N–H and O–H groups in total. The van der Waals surface area contributed by atoms with E-state index in [-0.39, 0.29) is 0 Å². The Morgan fingerprint density at radius 2 is 1.04 bits per heavy atom. The van der Waals surface area contributed by atoms with Gasteiger partial charge in [-0.2, -0.15) is 0 Å². The van der Waals surface area contributed by atoms with Gasteiger partial charge in [-0.15, -0.1) is 11.3 Å². The lowest BCUT2D eigenvalue weighted by atomic mass is 10.0. The molecule has 3 heteroatoms. The maximum atomic E-state index is 2.41. The van der Waals surface area contributed by atoms with E-state index in [4.69, 9.17) is 0 Å². The number of nitrogens with zero attached hydrogens (tertiary/aromatic N) is 2. The number of rotatable bonds is 5. The summed E-state index contributed by atoms with van der Waals surface area (Å²) in [5.74, 6) is 0. The van der Waals surface area contributed by atoms with E-state index in [1.165, 1.54) is 63.9 Å². The number of hydrogen-bond acceptors (Lipinski definition) is 2. The van der Waals surface area contributed by atoms with Crippen molar-refractivity contribution in [2.75, 3.05) is 4.90 Å². The third-order valence-electron chi connectivity index (χ3n) is 9.72. The Hall–Kier alpha value is -6.16. The minimum absolute atomic E-state index is 1.12. The van der Waals surface area contributed by atoms with Gasteiger partial charge in [0, 0.05) is 53.7 Å². The molecule has 10 aromatic rings. The average molecular weight is 643 g/mol. The minimum Gasteiger partial charge on any atom is -0.310 e. The lowest BCUT2D eigenvalue weighted by molar-refractivity contribution is 1.18. The summed E-state index contributed by atoms with van der Waals surface area (Å²) in [6, 6.07) is 66.2. The molecule has 49 heavy (non-hydrogen) atoms. The van der Waals surface area contributed by atoms with Crippen LogP contribution in [-0.2, 0) is 0 Å². The number of thiophene rings is 1. The van der Waals surface area contributed by atoms with Crippen LogP contribution >= 0.6 is 11.3 Å². The van der Waals surface area contributed by atoms with Crippen molar-refractivity contribution in [1.82, 2.24) is 4.57 Å². The molecule has 0 atom stereocenters. The molecule has 0 unspecified atom stereocenters. The first kappa shape index (κ1) is 27.9. The van der Waals surface area contributed by atoms with E-state index in [1.807, 2.05) is 11.3 Å². The normalized spacial score (nSPS) is 11.7. The Labute approximate surface area is 288 Å². The highest BCUT2D eigenvalue weighted by Crippen LogP contribution is 2.43. The van der Waals surface area contributed by atoms with Crippen molar-refractivity contribution in [2.45, 2.75) is 0 Å². The molecule has 0 saturated heterocycles. The fraction of sp³-hybridized carbons (Fsp3) is 0. The summed E-state index contributed by atoms with van der Waals surface area (Å²) in [4.78, 5) is 2.41. The largest absolute Gasteiger partial charge is 0.310 e. The molecule has 0 saturated carbocycles. The second kappa shape index (κ2) is 11.2. The van der Waals surface area contributed by atoms with Crippen LogP contribution in [0.1, 0.15) is 0 Å². The quantitative estimate of drug-likeness (QED) is 0.181. The van der Waals surface area contributed by atoms with Gasteiger partial charge in [0.1, 0.15) is 0 Å². The number of hydrogen-bond donors (Lipinski definition) is 0. The van der Waals surface area contributed by atoms with E-state index in [0.717, 1.165) is 22.7 Å². The zero-order chi connectivity index (χ0) is 32.3. The van der Waals surface area contributed by atoms with Gasteiger partial charge in [0.25, 0.3) is 0 Å². The molecule has 0 fully saturated rings. The fourth-order valence-electron chi connectivity index (χ4n) is 7.45. The molecule has 230 valence electrons. The van der Waals surface area contributed by atoms with E-state index in [9.17, 15) is 0 Å². The van der Waals surface area contributed by atoms with Gasteiger partial charge >= 0.3 is 0 Å². The minimum atomic E-state index is 1.12. The standard InChI is InChI=1S/C46H30N2S/c1-3-12-31(13-4-1)32-14-11-17-36(26-32)47(37-23-22-33-28-42-40-19-8-10-21-45(40)49-46(42)29-34(33)27-37)38-24-25-44-41(30-38)39-18-7-9-20-43(39)48(44)35-15-5-2-6-16-35/h1-30H. The summed E-state index contributed by atoms with van der Waals surface area (Å²) in [7, 11) is 0. The summed E-state index contributed by atoms with van der Waals surface area (Å²) in [5.41, 5.74) is 9.33. The van der Waals surface area contributed by atoms with Crippen LogP contribution in [0.15, 0.2) is 182 Å². The van der Waals surface area contributed by atoms with Gasteiger partial charge < -0.3 is 9.47 Å². The maximum Gasteiger partial charge on any atom is 0.0542 e. The zero-order valence-electron chi connectivity index (χ0n) is 26.6. The van der Waals surface area contributed by atoms with Crippen LogP contribution in [0.3, 0.4) is 0 Å². The van der Waals surface area contributed by atoms with Gasteiger partial charge in [-0.3, -0.25) is 0 Å². The van der Waals surface area contributed by atoms with Crippen LogP contribution in [0.4, 0.5) is 17.1 Å². The Morgan fingerprint density at radius 1 is 0.367 bits per heavy atom. The Kier molecular flexibility index (Phi) is 6.39. The first-order valence-corrected chi connectivity index (χ1v) is 17.5. The first-order chi connectivity index (χ1) is 24.3. The third kappa shape index (κ3) is 4.62. The summed E-state index contributed by atoms with van der Waals surface area (Å²) < 4.78 is 5.02. The molecular weight excluding hydrogens is 613 g/mol.